The van der Waals surface area contributed by atoms with Gasteiger partial charge in [0.1, 0.15) is 11.6 Å². The maximum Gasteiger partial charge on any atom is 0.227 e. The molecule has 34 heavy (non-hydrogen) atoms. The van der Waals surface area contributed by atoms with Crippen molar-refractivity contribution in [3.05, 3.63) is 67.0 Å². The molecule has 0 unspecified atom stereocenters. The van der Waals surface area contributed by atoms with Crippen LogP contribution in [0.3, 0.4) is 0 Å². The van der Waals surface area contributed by atoms with E-state index in [1.54, 1.807) is 53.0 Å². The number of nitrogens with one attached hydrogen (secondary N) is 2. The SMILES string of the molecule is COc1ccc(Nc2ccc(-c3ccnc(Nc4cc(OC)c(OC)c(OC)c4)n3)cn2)cc1. The normalized spacial score (nSPS) is 10.4. The first-order chi connectivity index (χ1) is 16.6. The van der Waals surface area contributed by atoms with Gasteiger partial charge < -0.3 is 29.6 Å². The number of pyridine rings is 1. The Labute approximate surface area is 197 Å². The number of ether oxygens (including phenoxy) is 4. The van der Waals surface area contributed by atoms with Gasteiger partial charge in [-0.2, -0.15) is 0 Å². The summed E-state index contributed by atoms with van der Waals surface area (Å²) in [4.78, 5) is 13.4. The summed E-state index contributed by atoms with van der Waals surface area (Å²) in [5.41, 5.74) is 3.20. The molecule has 2 N–H and O–H groups in total. The molecule has 2 heterocycles. The molecule has 0 aliphatic heterocycles. The highest BCUT2D eigenvalue weighted by molar-refractivity contribution is 5.67. The van der Waals surface area contributed by atoms with Gasteiger partial charge in [-0.25, -0.2) is 15.0 Å². The van der Waals surface area contributed by atoms with Crippen LogP contribution in [0.25, 0.3) is 11.3 Å². The Morgan fingerprint density at radius 1 is 0.676 bits per heavy atom. The fraction of sp³-hybridized carbons (Fsp3) is 0.160. The van der Waals surface area contributed by atoms with Crippen LogP contribution in [0, 0.1) is 0 Å². The van der Waals surface area contributed by atoms with Crippen molar-refractivity contribution in [3.63, 3.8) is 0 Å². The van der Waals surface area contributed by atoms with Crippen LogP contribution in [0.5, 0.6) is 23.0 Å². The fourth-order valence-electron chi connectivity index (χ4n) is 3.30. The predicted octanol–water partition coefficient (Wildman–Crippen LogP) is 5.06. The van der Waals surface area contributed by atoms with Gasteiger partial charge >= 0.3 is 0 Å². The minimum absolute atomic E-state index is 0.423. The molecule has 0 bridgehead atoms. The van der Waals surface area contributed by atoms with E-state index in [1.165, 1.54) is 0 Å². The van der Waals surface area contributed by atoms with E-state index in [-0.39, 0.29) is 0 Å². The lowest BCUT2D eigenvalue weighted by Crippen LogP contribution is -2.01. The molecular weight excluding hydrogens is 434 g/mol. The highest BCUT2D eigenvalue weighted by Gasteiger charge is 2.14. The molecule has 9 heteroatoms. The van der Waals surface area contributed by atoms with Crippen LogP contribution >= 0.6 is 0 Å². The first-order valence-electron chi connectivity index (χ1n) is 10.4. The van der Waals surface area contributed by atoms with Gasteiger partial charge in [-0.1, -0.05) is 0 Å². The van der Waals surface area contributed by atoms with Gasteiger partial charge in [0.2, 0.25) is 11.7 Å². The molecule has 0 aliphatic rings. The second kappa shape index (κ2) is 10.4. The van der Waals surface area contributed by atoms with E-state index in [0.717, 1.165) is 28.5 Å². The molecule has 0 fully saturated rings. The molecule has 4 aromatic rings. The van der Waals surface area contributed by atoms with Crippen LogP contribution in [0.15, 0.2) is 67.0 Å². The van der Waals surface area contributed by atoms with Crippen LogP contribution in [0.1, 0.15) is 0 Å². The lowest BCUT2D eigenvalue weighted by atomic mass is 10.2. The van der Waals surface area contributed by atoms with Crippen molar-refractivity contribution in [2.24, 2.45) is 0 Å². The van der Waals surface area contributed by atoms with Crippen molar-refractivity contribution in [2.75, 3.05) is 39.1 Å². The molecule has 2 aromatic heterocycles. The third-order valence-corrected chi connectivity index (χ3v) is 5.00. The smallest absolute Gasteiger partial charge is 0.227 e. The van der Waals surface area contributed by atoms with Crippen LogP contribution in [-0.2, 0) is 0 Å². The Morgan fingerprint density at radius 3 is 2.00 bits per heavy atom. The lowest BCUT2D eigenvalue weighted by Gasteiger charge is -2.14. The lowest BCUT2D eigenvalue weighted by molar-refractivity contribution is 0.324. The minimum Gasteiger partial charge on any atom is -0.497 e. The summed E-state index contributed by atoms with van der Waals surface area (Å²) in [5.74, 6) is 3.52. The molecule has 0 aliphatic carbocycles. The summed E-state index contributed by atoms with van der Waals surface area (Å²) in [6.45, 7) is 0. The van der Waals surface area contributed by atoms with E-state index in [2.05, 4.69) is 25.6 Å². The second-order valence-electron chi connectivity index (χ2n) is 7.09. The Morgan fingerprint density at radius 2 is 1.41 bits per heavy atom. The third kappa shape index (κ3) is 5.09. The standard InChI is InChI=1S/C25H25N5O4/c1-31-19-8-6-17(7-9-19)28-23-10-5-16(15-27-23)20-11-12-26-25(30-20)29-18-13-21(32-2)24(34-4)22(14-18)33-3/h5-15H,1-4H3,(H,27,28)(H,26,29,30). The zero-order chi connectivity index (χ0) is 23.9. The number of methoxy groups -OCH3 is 4. The molecule has 0 saturated heterocycles. The van der Waals surface area contributed by atoms with E-state index in [0.29, 0.717) is 28.9 Å². The van der Waals surface area contributed by atoms with E-state index < -0.39 is 0 Å². The van der Waals surface area contributed by atoms with Crippen LogP contribution < -0.4 is 29.6 Å². The molecule has 0 spiro atoms. The predicted molar refractivity (Wildman–Crippen MR) is 131 cm³/mol. The largest absolute Gasteiger partial charge is 0.497 e. The van der Waals surface area contributed by atoms with Crippen molar-refractivity contribution in [2.45, 2.75) is 0 Å². The van der Waals surface area contributed by atoms with Crippen molar-refractivity contribution in [1.29, 1.82) is 0 Å². The number of hydrogen-bond donors (Lipinski definition) is 2. The monoisotopic (exact) mass is 459 g/mol. The molecule has 0 radical (unpaired) electrons. The van der Waals surface area contributed by atoms with Crippen molar-refractivity contribution < 1.29 is 18.9 Å². The Bertz CT molecular complexity index is 1220. The summed E-state index contributed by atoms with van der Waals surface area (Å²) in [7, 11) is 6.34. The van der Waals surface area contributed by atoms with Gasteiger partial charge in [0.05, 0.1) is 34.1 Å². The summed E-state index contributed by atoms with van der Waals surface area (Å²) >= 11 is 0. The summed E-state index contributed by atoms with van der Waals surface area (Å²) in [6, 6.07) is 16.9. The zero-order valence-corrected chi connectivity index (χ0v) is 19.3. The molecule has 2 aromatic carbocycles. The van der Waals surface area contributed by atoms with E-state index >= 15 is 0 Å². The minimum atomic E-state index is 0.423. The van der Waals surface area contributed by atoms with Crippen LogP contribution in [0.2, 0.25) is 0 Å². The maximum atomic E-state index is 5.41. The van der Waals surface area contributed by atoms with Gasteiger partial charge in [0.15, 0.2) is 11.5 Å². The Balaban J connectivity index is 1.51. The molecular formula is C25H25N5O4. The van der Waals surface area contributed by atoms with Crippen molar-refractivity contribution in [3.8, 4) is 34.3 Å². The van der Waals surface area contributed by atoms with Gasteiger partial charge in [-0.05, 0) is 42.5 Å². The highest BCUT2D eigenvalue weighted by atomic mass is 16.5. The summed E-state index contributed by atoms with van der Waals surface area (Å²) in [5, 5.41) is 6.45. The van der Waals surface area contributed by atoms with Crippen LogP contribution in [-0.4, -0.2) is 43.4 Å². The molecule has 174 valence electrons. The first kappa shape index (κ1) is 22.7. The average molecular weight is 460 g/mol. The Kier molecular flexibility index (Phi) is 6.92. The van der Waals surface area contributed by atoms with Crippen molar-refractivity contribution in [1.82, 2.24) is 15.0 Å². The number of rotatable bonds is 9. The molecule has 0 atom stereocenters. The first-order valence-corrected chi connectivity index (χ1v) is 10.4. The van der Waals surface area contributed by atoms with E-state index in [1.807, 2.05) is 42.5 Å². The number of hydrogen-bond acceptors (Lipinski definition) is 9. The van der Waals surface area contributed by atoms with E-state index in [4.69, 9.17) is 18.9 Å². The summed E-state index contributed by atoms with van der Waals surface area (Å²) < 4.78 is 21.4. The maximum absolute atomic E-state index is 5.41. The van der Waals surface area contributed by atoms with Crippen LogP contribution in [0.4, 0.5) is 23.1 Å². The quantitative estimate of drug-likeness (QED) is 0.356. The highest BCUT2D eigenvalue weighted by Crippen LogP contribution is 2.40. The van der Waals surface area contributed by atoms with Crippen molar-refractivity contribution >= 4 is 23.1 Å². The average Bonchev–Trinajstić information content (AvgIpc) is 2.89. The molecule has 0 saturated carbocycles. The number of anilines is 4. The third-order valence-electron chi connectivity index (χ3n) is 5.00. The number of nitrogens with zero attached hydrogens (tertiary/aromatic N) is 3. The number of benzene rings is 2. The Hall–Kier alpha value is -4.53. The van der Waals surface area contributed by atoms with Gasteiger partial charge in [-0.15, -0.1) is 0 Å². The number of aromatic nitrogens is 3. The van der Waals surface area contributed by atoms with Gasteiger partial charge in [-0.3, -0.25) is 0 Å². The van der Waals surface area contributed by atoms with E-state index in [9.17, 15) is 0 Å². The summed E-state index contributed by atoms with van der Waals surface area (Å²) in [6.07, 6.45) is 3.45. The second-order valence-corrected chi connectivity index (χ2v) is 7.09. The molecule has 9 nitrogen and oxygen atoms in total. The zero-order valence-electron chi connectivity index (χ0n) is 19.3. The molecule has 4 rings (SSSR count). The van der Waals surface area contributed by atoms with Gasteiger partial charge in [0.25, 0.3) is 0 Å². The fourth-order valence-corrected chi connectivity index (χ4v) is 3.30. The topological polar surface area (TPSA) is 99.7 Å². The van der Waals surface area contributed by atoms with Gasteiger partial charge in [0, 0.05) is 41.5 Å². The molecule has 0 amide bonds.